The molecule has 1 aliphatic heterocycles. The maximum Gasteiger partial charge on any atom is 0.0521 e. The molecule has 90 valence electrons. The number of likely N-dealkylation sites (tertiary alicyclic amines) is 1. The second-order valence-corrected chi connectivity index (χ2v) is 4.94. The molecule has 2 rings (SSSR count). The van der Waals surface area contributed by atoms with Crippen molar-refractivity contribution >= 4 is 0 Å². The predicted octanol–water partition coefficient (Wildman–Crippen LogP) is 0.979. The average molecular weight is 222 g/mol. The van der Waals surface area contributed by atoms with E-state index in [-0.39, 0.29) is 0 Å². The van der Waals surface area contributed by atoms with E-state index in [0.717, 1.165) is 13.1 Å². The van der Waals surface area contributed by atoms with Crippen molar-refractivity contribution in [2.24, 2.45) is 18.7 Å². The Bertz CT molecular complexity index is 332. The fourth-order valence-corrected chi connectivity index (χ4v) is 2.45. The lowest BCUT2D eigenvalue weighted by Crippen LogP contribution is -2.42. The number of rotatable bonds is 3. The number of nitrogens with two attached hydrogens (primary N) is 1. The van der Waals surface area contributed by atoms with Gasteiger partial charge in [-0.2, -0.15) is 5.10 Å². The molecule has 2 unspecified atom stereocenters. The Balaban J connectivity index is 1.93. The minimum Gasteiger partial charge on any atom is -0.328 e. The SMILES string of the molecule is CC(N)C1CCCN(Cc2ccnn2C)C1. The van der Waals surface area contributed by atoms with Crippen molar-refractivity contribution in [2.75, 3.05) is 13.1 Å². The summed E-state index contributed by atoms with van der Waals surface area (Å²) in [4.78, 5) is 2.49. The van der Waals surface area contributed by atoms with Crippen LogP contribution in [0.2, 0.25) is 0 Å². The van der Waals surface area contributed by atoms with Gasteiger partial charge in [0.25, 0.3) is 0 Å². The van der Waals surface area contributed by atoms with Crippen LogP contribution >= 0.6 is 0 Å². The molecule has 0 amide bonds. The molecule has 0 aliphatic carbocycles. The fraction of sp³-hybridized carbons (Fsp3) is 0.750. The molecule has 0 saturated carbocycles. The van der Waals surface area contributed by atoms with Crippen molar-refractivity contribution in [2.45, 2.75) is 32.4 Å². The van der Waals surface area contributed by atoms with E-state index in [0.29, 0.717) is 12.0 Å². The van der Waals surface area contributed by atoms with Gasteiger partial charge in [0.05, 0.1) is 5.69 Å². The summed E-state index contributed by atoms with van der Waals surface area (Å²) in [5.41, 5.74) is 7.27. The molecule has 0 aromatic carbocycles. The molecule has 0 radical (unpaired) electrons. The van der Waals surface area contributed by atoms with Crippen LogP contribution in [-0.2, 0) is 13.6 Å². The van der Waals surface area contributed by atoms with Gasteiger partial charge in [-0.25, -0.2) is 0 Å². The van der Waals surface area contributed by atoms with E-state index in [9.17, 15) is 0 Å². The largest absolute Gasteiger partial charge is 0.328 e. The van der Waals surface area contributed by atoms with E-state index in [1.165, 1.54) is 25.1 Å². The third-order valence-electron chi connectivity index (χ3n) is 3.59. The maximum absolute atomic E-state index is 5.99. The first-order valence-corrected chi connectivity index (χ1v) is 6.11. The number of hydrogen-bond acceptors (Lipinski definition) is 3. The van der Waals surface area contributed by atoms with Gasteiger partial charge in [-0.3, -0.25) is 9.58 Å². The molecule has 16 heavy (non-hydrogen) atoms. The summed E-state index contributed by atoms with van der Waals surface area (Å²) in [5, 5.41) is 4.20. The number of piperidine rings is 1. The molecule has 2 N–H and O–H groups in total. The number of nitrogens with zero attached hydrogens (tertiary/aromatic N) is 3. The molecule has 1 aromatic heterocycles. The Hall–Kier alpha value is -0.870. The Morgan fingerprint density at radius 1 is 1.62 bits per heavy atom. The summed E-state index contributed by atoms with van der Waals surface area (Å²) < 4.78 is 1.95. The van der Waals surface area contributed by atoms with Gasteiger partial charge in [-0.15, -0.1) is 0 Å². The van der Waals surface area contributed by atoms with Crippen molar-refractivity contribution in [1.82, 2.24) is 14.7 Å². The molecular weight excluding hydrogens is 200 g/mol. The van der Waals surface area contributed by atoms with Crippen LogP contribution in [-0.4, -0.2) is 33.8 Å². The van der Waals surface area contributed by atoms with Gasteiger partial charge in [-0.1, -0.05) is 0 Å². The molecule has 4 heteroatoms. The topological polar surface area (TPSA) is 47.1 Å². The molecule has 0 bridgehead atoms. The zero-order chi connectivity index (χ0) is 11.5. The van der Waals surface area contributed by atoms with E-state index in [1.807, 2.05) is 17.9 Å². The van der Waals surface area contributed by atoms with Crippen molar-refractivity contribution in [1.29, 1.82) is 0 Å². The van der Waals surface area contributed by atoms with E-state index in [2.05, 4.69) is 23.0 Å². The van der Waals surface area contributed by atoms with Gasteiger partial charge in [0.2, 0.25) is 0 Å². The van der Waals surface area contributed by atoms with E-state index in [4.69, 9.17) is 5.73 Å². The maximum atomic E-state index is 5.99. The van der Waals surface area contributed by atoms with Gasteiger partial charge < -0.3 is 5.73 Å². The van der Waals surface area contributed by atoms with Gasteiger partial charge in [0.1, 0.15) is 0 Å². The Kier molecular flexibility index (Phi) is 3.61. The third kappa shape index (κ3) is 2.62. The van der Waals surface area contributed by atoms with Gasteiger partial charge in [-0.05, 0) is 38.3 Å². The first-order valence-electron chi connectivity index (χ1n) is 6.11. The van der Waals surface area contributed by atoms with Crippen molar-refractivity contribution in [3.8, 4) is 0 Å². The standard InChI is InChI=1S/C12H22N4/c1-10(13)11-4-3-7-16(8-11)9-12-5-6-14-15(12)2/h5-6,10-11H,3-4,7-9,13H2,1-2H3. The normalized spacial score (nSPS) is 24.6. The summed E-state index contributed by atoms with van der Waals surface area (Å²) >= 11 is 0. The lowest BCUT2D eigenvalue weighted by Gasteiger charge is -2.34. The van der Waals surface area contributed by atoms with Crippen LogP contribution in [0.15, 0.2) is 12.3 Å². The highest BCUT2D eigenvalue weighted by atomic mass is 15.3. The first kappa shape index (κ1) is 11.6. The monoisotopic (exact) mass is 222 g/mol. The molecule has 2 heterocycles. The number of aryl methyl sites for hydroxylation is 1. The Labute approximate surface area is 97.4 Å². The van der Waals surface area contributed by atoms with Gasteiger partial charge in [0, 0.05) is 32.4 Å². The highest BCUT2D eigenvalue weighted by Gasteiger charge is 2.22. The lowest BCUT2D eigenvalue weighted by molar-refractivity contribution is 0.151. The third-order valence-corrected chi connectivity index (χ3v) is 3.59. The average Bonchev–Trinajstić information content (AvgIpc) is 2.65. The van der Waals surface area contributed by atoms with Crippen LogP contribution in [0.3, 0.4) is 0 Å². The van der Waals surface area contributed by atoms with E-state index < -0.39 is 0 Å². The first-order chi connectivity index (χ1) is 7.66. The van der Waals surface area contributed by atoms with Crippen molar-refractivity contribution < 1.29 is 0 Å². The van der Waals surface area contributed by atoms with Crippen LogP contribution in [0.4, 0.5) is 0 Å². The van der Waals surface area contributed by atoms with Crippen LogP contribution < -0.4 is 5.73 Å². The second-order valence-electron chi connectivity index (χ2n) is 4.94. The summed E-state index contributed by atoms with van der Waals surface area (Å²) in [6.07, 6.45) is 4.41. The fourth-order valence-electron chi connectivity index (χ4n) is 2.45. The lowest BCUT2D eigenvalue weighted by atomic mass is 9.92. The van der Waals surface area contributed by atoms with Gasteiger partial charge in [0.15, 0.2) is 0 Å². The zero-order valence-electron chi connectivity index (χ0n) is 10.3. The molecular formula is C12H22N4. The zero-order valence-corrected chi connectivity index (χ0v) is 10.3. The Morgan fingerprint density at radius 3 is 3.06 bits per heavy atom. The molecule has 1 saturated heterocycles. The molecule has 1 fully saturated rings. The Morgan fingerprint density at radius 2 is 2.44 bits per heavy atom. The van der Waals surface area contributed by atoms with E-state index in [1.54, 1.807) is 0 Å². The van der Waals surface area contributed by atoms with E-state index >= 15 is 0 Å². The predicted molar refractivity (Wildman–Crippen MR) is 64.9 cm³/mol. The second kappa shape index (κ2) is 4.97. The quantitative estimate of drug-likeness (QED) is 0.829. The van der Waals surface area contributed by atoms with Crippen LogP contribution in [0.25, 0.3) is 0 Å². The van der Waals surface area contributed by atoms with Gasteiger partial charge >= 0.3 is 0 Å². The van der Waals surface area contributed by atoms with Crippen LogP contribution in [0.1, 0.15) is 25.5 Å². The van der Waals surface area contributed by atoms with Crippen molar-refractivity contribution in [3.05, 3.63) is 18.0 Å². The summed E-state index contributed by atoms with van der Waals surface area (Å²) in [7, 11) is 2.00. The minimum atomic E-state index is 0.314. The van der Waals surface area contributed by atoms with Crippen LogP contribution in [0.5, 0.6) is 0 Å². The highest BCUT2D eigenvalue weighted by Crippen LogP contribution is 2.20. The summed E-state index contributed by atoms with van der Waals surface area (Å²) in [5.74, 6) is 0.655. The van der Waals surface area contributed by atoms with Crippen LogP contribution in [0, 0.1) is 5.92 Å². The smallest absolute Gasteiger partial charge is 0.0521 e. The van der Waals surface area contributed by atoms with Crippen molar-refractivity contribution in [3.63, 3.8) is 0 Å². The molecule has 1 aliphatic rings. The minimum absolute atomic E-state index is 0.314. The number of aromatic nitrogens is 2. The molecule has 2 atom stereocenters. The summed E-state index contributed by atoms with van der Waals surface area (Å²) in [6, 6.07) is 2.41. The highest BCUT2D eigenvalue weighted by molar-refractivity contribution is 5.00. The molecule has 1 aromatic rings. The molecule has 4 nitrogen and oxygen atoms in total. The number of hydrogen-bond donors (Lipinski definition) is 1. The molecule has 0 spiro atoms. The summed E-state index contributed by atoms with van der Waals surface area (Å²) in [6.45, 7) is 5.44.